The highest BCUT2D eigenvalue weighted by Gasteiger charge is 2.38. The van der Waals surface area contributed by atoms with Crippen LogP contribution in [0, 0.1) is 11.8 Å². The fourth-order valence-electron chi connectivity index (χ4n) is 3.12. The number of aliphatic hydroxyl groups excluding tert-OH is 1. The summed E-state index contributed by atoms with van der Waals surface area (Å²) in [5.41, 5.74) is 0.795. The first kappa shape index (κ1) is 16.4. The van der Waals surface area contributed by atoms with Gasteiger partial charge in [-0.25, -0.2) is 0 Å². The summed E-state index contributed by atoms with van der Waals surface area (Å²) in [6.45, 7) is 2.17. The van der Waals surface area contributed by atoms with Crippen molar-refractivity contribution in [2.75, 3.05) is 31.1 Å². The van der Waals surface area contributed by atoms with Crippen LogP contribution < -0.4 is 15.5 Å². The Morgan fingerprint density at radius 2 is 2.17 bits per heavy atom. The molecule has 6 nitrogen and oxygen atoms in total. The average Bonchev–Trinajstić information content (AvgIpc) is 3.11. The van der Waals surface area contributed by atoms with Crippen molar-refractivity contribution in [2.45, 2.75) is 12.5 Å². The van der Waals surface area contributed by atoms with Gasteiger partial charge in [0.25, 0.3) is 0 Å². The van der Waals surface area contributed by atoms with Gasteiger partial charge in [0.15, 0.2) is 0 Å². The number of hydrogen-bond donors (Lipinski definition) is 3. The van der Waals surface area contributed by atoms with Gasteiger partial charge in [-0.1, -0.05) is 12.1 Å². The molecule has 2 saturated heterocycles. The standard InChI is InChI=1S/C16H20BrN3O3/c17-12-3-1-2-4-13(12)20-6-5-11(16(20)23)15(22)19-8-10-7-18-9-14(10)21/h1-4,10-11,14,18,21H,5-9H2,(H,19,22). The number of β-amino-alcohol motifs (C(OH)–C–C–N with tert-alkyl or cyclic N) is 1. The Morgan fingerprint density at radius 3 is 2.87 bits per heavy atom. The van der Waals surface area contributed by atoms with Crippen molar-refractivity contribution in [3.05, 3.63) is 28.7 Å². The number of para-hydroxylation sites is 1. The van der Waals surface area contributed by atoms with Crippen LogP contribution in [0.1, 0.15) is 6.42 Å². The van der Waals surface area contributed by atoms with E-state index < -0.39 is 12.0 Å². The summed E-state index contributed by atoms with van der Waals surface area (Å²) in [6.07, 6.45) is 0.0728. The second kappa shape index (κ2) is 6.98. The van der Waals surface area contributed by atoms with Gasteiger partial charge in [0, 0.05) is 36.6 Å². The predicted octanol–water partition coefficient (Wildman–Crippen LogP) is 0.498. The van der Waals surface area contributed by atoms with E-state index in [1.54, 1.807) is 4.90 Å². The molecule has 2 heterocycles. The zero-order chi connectivity index (χ0) is 16.4. The third-order valence-electron chi connectivity index (χ3n) is 4.51. The Bertz CT molecular complexity index is 610. The van der Waals surface area contributed by atoms with Crippen molar-refractivity contribution in [1.29, 1.82) is 0 Å². The Kier molecular flexibility index (Phi) is 4.99. The molecule has 3 rings (SSSR count). The van der Waals surface area contributed by atoms with Gasteiger partial charge >= 0.3 is 0 Å². The summed E-state index contributed by atoms with van der Waals surface area (Å²) in [6, 6.07) is 7.50. The molecule has 23 heavy (non-hydrogen) atoms. The minimum atomic E-state index is -0.645. The van der Waals surface area contributed by atoms with Crippen LogP contribution in [-0.2, 0) is 9.59 Å². The quantitative estimate of drug-likeness (QED) is 0.663. The lowest BCUT2D eigenvalue weighted by atomic mass is 10.0. The van der Waals surface area contributed by atoms with Crippen molar-refractivity contribution in [3.8, 4) is 0 Å². The van der Waals surface area contributed by atoms with Gasteiger partial charge in [0.1, 0.15) is 5.92 Å². The van der Waals surface area contributed by atoms with E-state index in [1.165, 1.54) is 0 Å². The highest BCUT2D eigenvalue weighted by Crippen LogP contribution is 2.31. The van der Waals surface area contributed by atoms with Crippen molar-refractivity contribution >= 4 is 33.4 Å². The van der Waals surface area contributed by atoms with E-state index in [1.807, 2.05) is 24.3 Å². The normalized spacial score (nSPS) is 27.5. The lowest BCUT2D eigenvalue weighted by Gasteiger charge is -2.19. The largest absolute Gasteiger partial charge is 0.391 e. The molecule has 3 atom stereocenters. The second-order valence-corrected chi connectivity index (χ2v) is 6.87. The molecule has 7 heteroatoms. The van der Waals surface area contributed by atoms with E-state index in [0.717, 1.165) is 10.2 Å². The number of aliphatic hydroxyl groups is 1. The molecule has 0 aliphatic carbocycles. The smallest absolute Gasteiger partial charge is 0.239 e. The van der Waals surface area contributed by atoms with Crippen LogP contribution in [0.4, 0.5) is 5.69 Å². The maximum absolute atomic E-state index is 12.5. The third kappa shape index (κ3) is 3.41. The van der Waals surface area contributed by atoms with Crippen LogP contribution in [0.15, 0.2) is 28.7 Å². The Balaban J connectivity index is 1.60. The van der Waals surface area contributed by atoms with Crippen molar-refractivity contribution in [3.63, 3.8) is 0 Å². The fourth-order valence-corrected chi connectivity index (χ4v) is 3.61. The number of nitrogens with zero attached hydrogens (tertiary/aromatic N) is 1. The summed E-state index contributed by atoms with van der Waals surface area (Å²) in [4.78, 5) is 26.5. The summed E-state index contributed by atoms with van der Waals surface area (Å²) < 4.78 is 0.842. The van der Waals surface area contributed by atoms with Crippen molar-refractivity contribution < 1.29 is 14.7 Å². The van der Waals surface area contributed by atoms with Crippen LogP contribution in [0.25, 0.3) is 0 Å². The minimum Gasteiger partial charge on any atom is -0.391 e. The molecular weight excluding hydrogens is 362 g/mol. The Morgan fingerprint density at radius 1 is 1.39 bits per heavy atom. The number of rotatable bonds is 4. The Hall–Kier alpha value is -1.44. The molecule has 3 N–H and O–H groups in total. The third-order valence-corrected chi connectivity index (χ3v) is 5.18. The number of carbonyl (C=O) groups is 2. The van der Waals surface area contributed by atoms with Gasteiger partial charge < -0.3 is 20.6 Å². The van der Waals surface area contributed by atoms with Gasteiger partial charge in [-0.2, -0.15) is 0 Å². The van der Waals surface area contributed by atoms with Crippen molar-refractivity contribution in [1.82, 2.24) is 10.6 Å². The van der Waals surface area contributed by atoms with Crippen molar-refractivity contribution in [2.24, 2.45) is 11.8 Å². The zero-order valence-electron chi connectivity index (χ0n) is 12.7. The Labute approximate surface area is 143 Å². The summed E-state index contributed by atoms with van der Waals surface area (Å²) in [5.74, 6) is -1.05. The van der Waals surface area contributed by atoms with Gasteiger partial charge in [-0.15, -0.1) is 0 Å². The molecule has 1 aromatic rings. The molecule has 1 aromatic carbocycles. The fraction of sp³-hybridized carbons (Fsp3) is 0.500. The number of amides is 2. The van der Waals surface area contributed by atoms with Gasteiger partial charge in [-0.3, -0.25) is 9.59 Å². The number of carbonyl (C=O) groups excluding carboxylic acids is 2. The second-order valence-electron chi connectivity index (χ2n) is 6.01. The van der Waals surface area contributed by atoms with Gasteiger partial charge in [0.05, 0.1) is 11.8 Å². The van der Waals surface area contributed by atoms with E-state index in [-0.39, 0.29) is 17.7 Å². The molecule has 0 spiro atoms. The van der Waals surface area contributed by atoms with E-state index in [4.69, 9.17) is 0 Å². The van der Waals surface area contributed by atoms with E-state index in [0.29, 0.717) is 32.6 Å². The SMILES string of the molecule is O=C(NCC1CNCC1O)C1CCN(c2ccccc2Br)C1=O. The molecule has 2 amide bonds. The number of halogens is 1. The first-order valence-corrected chi connectivity index (χ1v) is 8.59. The van der Waals surface area contributed by atoms with E-state index in [9.17, 15) is 14.7 Å². The molecular formula is C16H20BrN3O3. The summed E-state index contributed by atoms with van der Waals surface area (Å²) in [7, 11) is 0. The number of nitrogens with one attached hydrogen (secondary N) is 2. The maximum atomic E-state index is 12.5. The monoisotopic (exact) mass is 381 g/mol. The number of benzene rings is 1. The highest BCUT2D eigenvalue weighted by atomic mass is 79.9. The first-order valence-electron chi connectivity index (χ1n) is 7.80. The lowest BCUT2D eigenvalue weighted by Crippen LogP contribution is -2.40. The van der Waals surface area contributed by atoms with Gasteiger partial charge in [0.2, 0.25) is 11.8 Å². The van der Waals surface area contributed by atoms with Gasteiger partial charge in [-0.05, 0) is 34.5 Å². The van der Waals surface area contributed by atoms with Crippen LogP contribution in [0.3, 0.4) is 0 Å². The van der Waals surface area contributed by atoms with Crippen LogP contribution in [-0.4, -0.2) is 49.2 Å². The first-order chi connectivity index (χ1) is 11.1. The van der Waals surface area contributed by atoms with Crippen LogP contribution in [0.5, 0.6) is 0 Å². The number of anilines is 1. The van der Waals surface area contributed by atoms with Crippen LogP contribution in [0.2, 0.25) is 0 Å². The molecule has 0 radical (unpaired) electrons. The molecule has 0 bridgehead atoms. The minimum absolute atomic E-state index is 0.00910. The number of hydrogen-bond acceptors (Lipinski definition) is 4. The molecule has 2 fully saturated rings. The average molecular weight is 382 g/mol. The summed E-state index contributed by atoms with van der Waals surface area (Å²) in [5, 5.41) is 15.6. The highest BCUT2D eigenvalue weighted by molar-refractivity contribution is 9.10. The molecule has 3 unspecified atom stereocenters. The molecule has 0 saturated carbocycles. The molecule has 2 aliphatic heterocycles. The maximum Gasteiger partial charge on any atom is 0.239 e. The topological polar surface area (TPSA) is 81.7 Å². The summed E-state index contributed by atoms with van der Waals surface area (Å²) >= 11 is 3.44. The predicted molar refractivity (Wildman–Crippen MR) is 90.0 cm³/mol. The van der Waals surface area contributed by atoms with Crippen LogP contribution >= 0.6 is 15.9 Å². The van der Waals surface area contributed by atoms with E-state index >= 15 is 0 Å². The lowest BCUT2D eigenvalue weighted by molar-refractivity contribution is -0.132. The molecule has 0 aromatic heterocycles. The molecule has 2 aliphatic rings. The van der Waals surface area contributed by atoms with E-state index in [2.05, 4.69) is 26.6 Å². The molecule has 124 valence electrons. The zero-order valence-corrected chi connectivity index (χ0v) is 14.3.